The molecule has 0 radical (unpaired) electrons. The van der Waals surface area contributed by atoms with Crippen molar-refractivity contribution in [1.29, 1.82) is 0 Å². The summed E-state index contributed by atoms with van der Waals surface area (Å²) in [7, 11) is 0. The molecule has 0 amide bonds. The van der Waals surface area contributed by atoms with E-state index in [2.05, 4.69) is 41.8 Å². The van der Waals surface area contributed by atoms with E-state index in [1.807, 2.05) is 30.0 Å². The number of thioether (sulfide) groups is 1. The Balaban J connectivity index is 1.81. The molecule has 1 aromatic heterocycles. The van der Waals surface area contributed by atoms with Gasteiger partial charge in [-0.05, 0) is 34.7 Å². The number of hydrogen-bond donors (Lipinski definition) is 0. The number of hydrogen-bond acceptors (Lipinski definition) is 2. The van der Waals surface area contributed by atoms with E-state index in [1.165, 1.54) is 10.4 Å². The van der Waals surface area contributed by atoms with Crippen LogP contribution in [0.3, 0.4) is 0 Å². The molecule has 106 valence electrons. The number of rotatable bonds is 5. The van der Waals surface area contributed by atoms with Gasteiger partial charge in [-0.15, -0.1) is 23.1 Å². The molecule has 0 fully saturated rings. The molecule has 0 spiro atoms. The van der Waals surface area contributed by atoms with Crippen molar-refractivity contribution in [2.75, 3.05) is 0 Å². The highest BCUT2D eigenvalue weighted by molar-refractivity contribution is 7.99. The molecule has 0 aliphatic rings. The molecule has 2 aromatic carbocycles. The lowest BCUT2D eigenvalue weighted by atomic mass is 10.1. The summed E-state index contributed by atoms with van der Waals surface area (Å²) in [5, 5.41) is 2.35. The lowest BCUT2D eigenvalue weighted by molar-refractivity contribution is 0.627. The van der Waals surface area contributed by atoms with Crippen molar-refractivity contribution >= 4 is 23.1 Å². The summed E-state index contributed by atoms with van der Waals surface area (Å²) in [6.45, 7) is 0. The fourth-order valence-electron chi connectivity index (χ4n) is 2.17. The summed E-state index contributed by atoms with van der Waals surface area (Å²) >= 11 is 3.63. The van der Waals surface area contributed by atoms with Gasteiger partial charge in [-0.1, -0.05) is 48.5 Å². The zero-order valence-corrected chi connectivity index (χ0v) is 13.0. The Bertz CT molecular complexity index is 660. The minimum absolute atomic E-state index is 0.184. The van der Waals surface area contributed by atoms with Gasteiger partial charge in [0, 0.05) is 10.6 Å². The Kier molecular flexibility index (Phi) is 4.73. The smallest absolute Gasteiger partial charge is 0.123 e. The van der Waals surface area contributed by atoms with Crippen LogP contribution in [0.25, 0.3) is 0 Å². The fourth-order valence-corrected chi connectivity index (χ4v) is 4.42. The molecule has 1 atom stereocenters. The van der Waals surface area contributed by atoms with Crippen molar-refractivity contribution in [2.45, 2.75) is 11.0 Å². The molecule has 3 heteroatoms. The molecule has 3 rings (SSSR count). The van der Waals surface area contributed by atoms with E-state index in [4.69, 9.17) is 0 Å². The van der Waals surface area contributed by atoms with Crippen molar-refractivity contribution in [3.63, 3.8) is 0 Å². The molecular formula is C18H15FS2. The van der Waals surface area contributed by atoms with Crippen LogP contribution in [0.5, 0.6) is 0 Å². The summed E-state index contributed by atoms with van der Waals surface area (Å²) in [4.78, 5) is 1.31. The van der Waals surface area contributed by atoms with Crippen LogP contribution in [0.2, 0.25) is 0 Å². The van der Waals surface area contributed by atoms with E-state index in [-0.39, 0.29) is 11.1 Å². The highest BCUT2D eigenvalue weighted by Crippen LogP contribution is 2.39. The van der Waals surface area contributed by atoms with E-state index < -0.39 is 0 Å². The summed E-state index contributed by atoms with van der Waals surface area (Å²) in [6, 6.07) is 21.5. The Morgan fingerprint density at radius 3 is 2.33 bits per heavy atom. The van der Waals surface area contributed by atoms with E-state index in [0.29, 0.717) is 0 Å². The second-order valence-corrected chi connectivity index (χ2v) is 6.82. The van der Waals surface area contributed by atoms with Gasteiger partial charge in [-0.3, -0.25) is 0 Å². The standard InChI is InChI=1S/C18H15FS2/c19-16-10-8-15(9-11-16)18(17-7-4-12-20-17)21-13-14-5-2-1-3-6-14/h1-12,18H,13H2. The van der Waals surface area contributed by atoms with Crippen molar-refractivity contribution in [3.8, 4) is 0 Å². The maximum Gasteiger partial charge on any atom is 0.123 e. The third-order valence-corrected chi connectivity index (χ3v) is 5.68. The Morgan fingerprint density at radius 1 is 0.905 bits per heavy atom. The van der Waals surface area contributed by atoms with Gasteiger partial charge in [0.1, 0.15) is 5.82 Å². The van der Waals surface area contributed by atoms with Crippen LogP contribution in [0.15, 0.2) is 72.1 Å². The van der Waals surface area contributed by atoms with Crippen molar-refractivity contribution in [2.24, 2.45) is 0 Å². The first-order valence-corrected chi connectivity index (χ1v) is 8.70. The van der Waals surface area contributed by atoms with Crippen LogP contribution >= 0.6 is 23.1 Å². The lowest BCUT2D eigenvalue weighted by Gasteiger charge is -2.16. The van der Waals surface area contributed by atoms with E-state index >= 15 is 0 Å². The molecule has 0 nitrogen and oxygen atoms in total. The zero-order chi connectivity index (χ0) is 14.5. The van der Waals surface area contributed by atoms with E-state index in [0.717, 1.165) is 11.3 Å². The molecule has 1 heterocycles. The second kappa shape index (κ2) is 6.92. The van der Waals surface area contributed by atoms with Crippen molar-refractivity contribution in [1.82, 2.24) is 0 Å². The summed E-state index contributed by atoms with van der Waals surface area (Å²) in [5.41, 5.74) is 2.46. The average Bonchev–Trinajstić information content (AvgIpc) is 3.04. The molecule has 21 heavy (non-hydrogen) atoms. The summed E-state index contributed by atoms with van der Waals surface area (Å²) in [6.07, 6.45) is 0. The van der Waals surface area contributed by atoms with Crippen LogP contribution in [0, 0.1) is 5.82 Å². The van der Waals surface area contributed by atoms with Gasteiger partial charge in [0.25, 0.3) is 0 Å². The second-order valence-electron chi connectivity index (χ2n) is 4.74. The maximum absolute atomic E-state index is 13.1. The minimum Gasteiger partial charge on any atom is -0.207 e. The quantitative estimate of drug-likeness (QED) is 0.564. The first kappa shape index (κ1) is 14.4. The molecule has 0 aliphatic heterocycles. The van der Waals surface area contributed by atoms with E-state index in [1.54, 1.807) is 23.5 Å². The number of benzene rings is 2. The van der Waals surface area contributed by atoms with E-state index in [9.17, 15) is 4.39 Å². The highest BCUT2D eigenvalue weighted by atomic mass is 32.2. The third-order valence-electron chi connectivity index (χ3n) is 3.23. The zero-order valence-electron chi connectivity index (χ0n) is 11.4. The molecule has 3 aromatic rings. The fraction of sp³-hybridized carbons (Fsp3) is 0.111. The summed E-state index contributed by atoms with van der Waals surface area (Å²) < 4.78 is 13.1. The molecule has 1 unspecified atom stereocenters. The van der Waals surface area contributed by atoms with Gasteiger partial charge in [-0.25, -0.2) is 4.39 Å². The third kappa shape index (κ3) is 3.74. The van der Waals surface area contributed by atoms with Crippen LogP contribution in [-0.4, -0.2) is 0 Å². The molecular weight excluding hydrogens is 299 g/mol. The Labute approximate surface area is 132 Å². The first-order chi connectivity index (χ1) is 10.3. The summed E-state index contributed by atoms with van der Waals surface area (Å²) in [5.74, 6) is 0.762. The minimum atomic E-state index is -0.184. The molecule has 0 aliphatic carbocycles. The highest BCUT2D eigenvalue weighted by Gasteiger charge is 2.16. The molecule has 0 bridgehead atoms. The topological polar surface area (TPSA) is 0 Å². The van der Waals surface area contributed by atoms with Gasteiger partial charge in [0.15, 0.2) is 0 Å². The predicted octanol–water partition coefficient (Wildman–Crippen LogP) is 5.91. The van der Waals surface area contributed by atoms with Gasteiger partial charge in [0.05, 0.1) is 5.25 Å². The van der Waals surface area contributed by atoms with Gasteiger partial charge in [0.2, 0.25) is 0 Å². The average molecular weight is 314 g/mol. The van der Waals surface area contributed by atoms with Gasteiger partial charge >= 0.3 is 0 Å². The maximum atomic E-state index is 13.1. The Hall–Kier alpha value is -1.58. The van der Waals surface area contributed by atoms with Gasteiger partial charge < -0.3 is 0 Å². The molecule has 0 N–H and O–H groups in total. The van der Waals surface area contributed by atoms with Crippen LogP contribution in [0.4, 0.5) is 4.39 Å². The number of halogens is 1. The normalized spacial score (nSPS) is 12.2. The first-order valence-electron chi connectivity index (χ1n) is 6.77. The van der Waals surface area contributed by atoms with Crippen molar-refractivity contribution < 1.29 is 4.39 Å². The van der Waals surface area contributed by atoms with Gasteiger partial charge in [-0.2, -0.15) is 0 Å². The lowest BCUT2D eigenvalue weighted by Crippen LogP contribution is -1.95. The molecule has 0 saturated carbocycles. The number of thiophene rings is 1. The van der Waals surface area contributed by atoms with Crippen molar-refractivity contribution in [3.05, 3.63) is 93.9 Å². The largest absolute Gasteiger partial charge is 0.207 e. The van der Waals surface area contributed by atoms with Crippen LogP contribution < -0.4 is 0 Å². The molecule has 0 saturated heterocycles. The van der Waals surface area contributed by atoms with Crippen LogP contribution in [0.1, 0.15) is 21.3 Å². The predicted molar refractivity (Wildman–Crippen MR) is 90.3 cm³/mol. The van der Waals surface area contributed by atoms with Crippen LogP contribution in [-0.2, 0) is 5.75 Å². The monoisotopic (exact) mass is 314 g/mol. The Morgan fingerprint density at radius 2 is 1.67 bits per heavy atom. The SMILES string of the molecule is Fc1ccc(C(SCc2ccccc2)c2cccs2)cc1.